The smallest absolute Gasteiger partial charge is 0.186 e. The summed E-state index contributed by atoms with van der Waals surface area (Å²) in [6.07, 6.45) is 7.63. The average Bonchev–Trinajstić information content (AvgIpc) is 2.83. The fourth-order valence-electron chi connectivity index (χ4n) is 3.59. The van der Waals surface area contributed by atoms with Crippen molar-refractivity contribution in [2.45, 2.75) is 38.0 Å². The maximum absolute atomic E-state index is 11.1. The van der Waals surface area contributed by atoms with Gasteiger partial charge in [-0.05, 0) is 37.5 Å². The second-order valence-corrected chi connectivity index (χ2v) is 7.00. The molecule has 18 heavy (non-hydrogen) atoms. The summed E-state index contributed by atoms with van der Waals surface area (Å²) in [7, 11) is 0. The van der Waals surface area contributed by atoms with Gasteiger partial charge in [-0.15, -0.1) is 0 Å². The van der Waals surface area contributed by atoms with Crippen LogP contribution in [0.1, 0.15) is 53.4 Å². The summed E-state index contributed by atoms with van der Waals surface area (Å²) in [5.41, 5.74) is 1.09. The van der Waals surface area contributed by atoms with E-state index in [0.717, 1.165) is 33.8 Å². The number of carbonyl (C=O) groups excluding carboxylic acids is 1. The number of thiazole rings is 1. The van der Waals surface area contributed by atoms with Gasteiger partial charge in [0.1, 0.15) is 0 Å². The Morgan fingerprint density at radius 1 is 1.17 bits per heavy atom. The summed E-state index contributed by atoms with van der Waals surface area (Å²) >= 11 is 1.61. The number of aromatic nitrogens is 1. The number of aldehydes is 1. The van der Waals surface area contributed by atoms with Crippen molar-refractivity contribution in [3.8, 4) is 0 Å². The van der Waals surface area contributed by atoms with Crippen LogP contribution in [0.4, 0.5) is 5.13 Å². The predicted molar refractivity (Wildman–Crippen MR) is 72.5 cm³/mol. The summed E-state index contributed by atoms with van der Waals surface area (Å²) < 4.78 is 0. The van der Waals surface area contributed by atoms with E-state index in [4.69, 9.17) is 4.98 Å². The maximum Gasteiger partial charge on any atom is 0.186 e. The monoisotopic (exact) mass is 262 g/mol. The van der Waals surface area contributed by atoms with Crippen LogP contribution in [0.2, 0.25) is 0 Å². The van der Waals surface area contributed by atoms with Crippen LogP contribution in [0.3, 0.4) is 0 Å². The SMILES string of the molecule is O=Cc1sc(N2CC3CCCC3C2)nc1C1CC1. The molecule has 2 saturated carbocycles. The van der Waals surface area contributed by atoms with Crippen LogP contribution in [0, 0.1) is 11.8 Å². The lowest BCUT2D eigenvalue weighted by molar-refractivity contribution is 0.112. The standard InChI is InChI=1S/C14H18N2OS/c17-8-12-13(9-4-5-9)15-14(18-12)16-6-10-2-1-3-11(10)7-16/h8-11H,1-7H2. The highest BCUT2D eigenvalue weighted by Gasteiger charge is 2.38. The molecule has 0 bridgehead atoms. The number of rotatable bonds is 3. The van der Waals surface area contributed by atoms with Gasteiger partial charge in [-0.25, -0.2) is 4.98 Å². The van der Waals surface area contributed by atoms with Crippen molar-refractivity contribution >= 4 is 22.8 Å². The Kier molecular flexibility index (Phi) is 2.47. The number of nitrogens with zero attached hydrogens (tertiary/aromatic N) is 2. The lowest BCUT2D eigenvalue weighted by Gasteiger charge is -2.15. The molecule has 0 spiro atoms. The topological polar surface area (TPSA) is 33.2 Å². The Balaban J connectivity index is 1.59. The first-order valence-electron chi connectivity index (χ1n) is 7.06. The van der Waals surface area contributed by atoms with Gasteiger partial charge in [0.2, 0.25) is 0 Å². The molecule has 2 aliphatic carbocycles. The molecule has 2 unspecified atom stereocenters. The first-order chi connectivity index (χ1) is 8.85. The summed E-state index contributed by atoms with van der Waals surface area (Å²) in [6.45, 7) is 2.33. The molecular formula is C14H18N2OS. The largest absolute Gasteiger partial charge is 0.347 e. The Morgan fingerprint density at radius 2 is 1.89 bits per heavy atom. The first kappa shape index (κ1) is 11.0. The molecule has 0 N–H and O–H groups in total. The highest BCUT2D eigenvalue weighted by atomic mass is 32.1. The molecule has 3 fully saturated rings. The van der Waals surface area contributed by atoms with Gasteiger partial charge < -0.3 is 4.90 Å². The number of carbonyl (C=O) groups is 1. The molecule has 1 aliphatic heterocycles. The zero-order valence-corrected chi connectivity index (χ0v) is 11.3. The molecule has 1 aromatic heterocycles. The van der Waals surface area contributed by atoms with E-state index in [1.165, 1.54) is 45.2 Å². The van der Waals surface area contributed by atoms with E-state index < -0.39 is 0 Å². The van der Waals surface area contributed by atoms with Gasteiger partial charge in [-0.1, -0.05) is 17.8 Å². The maximum atomic E-state index is 11.1. The Hall–Kier alpha value is -0.900. The second kappa shape index (κ2) is 4.05. The molecule has 0 radical (unpaired) electrons. The van der Waals surface area contributed by atoms with Crippen LogP contribution in [-0.2, 0) is 0 Å². The normalized spacial score (nSPS) is 30.8. The van der Waals surface area contributed by atoms with E-state index in [9.17, 15) is 4.79 Å². The van der Waals surface area contributed by atoms with E-state index >= 15 is 0 Å². The Bertz CT molecular complexity index is 468. The van der Waals surface area contributed by atoms with E-state index in [0.29, 0.717) is 5.92 Å². The van der Waals surface area contributed by atoms with Crippen LogP contribution in [0.25, 0.3) is 0 Å². The van der Waals surface area contributed by atoms with Gasteiger partial charge in [0.05, 0.1) is 10.6 Å². The van der Waals surface area contributed by atoms with Gasteiger partial charge in [0, 0.05) is 19.0 Å². The lowest BCUT2D eigenvalue weighted by Crippen LogP contribution is -2.20. The van der Waals surface area contributed by atoms with Crippen LogP contribution in [0.5, 0.6) is 0 Å². The van der Waals surface area contributed by atoms with Gasteiger partial charge in [-0.2, -0.15) is 0 Å². The Morgan fingerprint density at radius 3 is 2.50 bits per heavy atom. The third kappa shape index (κ3) is 1.69. The highest BCUT2D eigenvalue weighted by molar-refractivity contribution is 7.17. The molecule has 0 amide bonds. The van der Waals surface area contributed by atoms with Gasteiger partial charge in [0.25, 0.3) is 0 Å². The minimum Gasteiger partial charge on any atom is -0.347 e. The quantitative estimate of drug-likeness (QED) is 0.785. The fourth-order valence-corrected chi connectivity index (χ4v) is 4.58. The van der Waals surface area contributed by atoms with Crippen molar-refractivity contribution in [2.75, 3.05) is 18.0 Å². The predicted octanol–water partition coefficient (Wildman–Crippen LogP) is 3.07. The molecule has 96 valence electrons. The van der Waals surface area contributed by atoms with Crippen molar-refractivity contribution in [1.29, 1.82) is 0 Å². The average molecular weight is 262 g/mol. The summed E-state index contributed by atoms with van der Waals surface area (Å²) in [6, 6.07) is 0. The van der Waals surface area contributed by atoms with Crippen molar-refractivity contribution in [3.63, 3.8) is 0 Å². The lowest BCUT2D eigenvalue weighted by atomic mass is 10.0. The number of anilines is 1. The van der Waals surface area contributed by atoms with Crippen LogP contribution in [-0.4, -0.2) is 24.4 Å². The molecule has 1 aromatic rings. The molecule has 4 rings (SSSR count). The van der Waals surface area contributed by atoms with Crippen LogP contribution in [0.15, 0.2) is 0 Å². The van der Waals surface area contributed by atoms with Gasteiger partial charge in [0.15, 0.2) is 11.4 Å². The molecule has 3 aliphatic rings. The summed E-state index contributed by atoms with van der Waals surface area (Å²) in [5.74, 6) is 2.35. The second-order valence-electron chi connectivity index (χ2n) is 5.99. The zero-order chi connectivity index (χ0) is 12.1. The molecule has 3 nitrogen and oxygen atoms in total. The highest BCUT2D eigenvalue weighted by Crippen LogP contribution is 2.45. The first-order valence-corrected chi connectivity index (χ1v) is 7.87. The number of hydrogen-bond donors (Lipinski definition) is 0. The number of hydrogen-bond acceptors (Lipinski definition) is 4. The minimum absolute atomic E-state index is 0.581. The van der Waals surface area contributed by atoms with Gasteiger partial charge in [-0.3, -0.25) is 4.79 Å². The molecular weight excluding hydrogens is 244 g/mol. The zero-order valence-electron chi connectivity index (χ0n) is 10.5. The van der Waals surface area contributed by atoms with E-state index in [2.05, 4.69) is 4.90 Å². The van der Waals surface area contributed by atoms with Crippen LogP contribution >= 0.6 is 11.3 Å². The van der Waals surface area contributed by atoms with E-state index in [-0.39, 0.29) is 0 Å². The molecule has 0 aromatic carbocycles. The van der Waals surface area contributed by atoms with Crippen molar-refractivity contribution < 1.29 is 4.79 Å². The third-order valence-corrected chi connectivity index (χ3v) is 5.80. The fraction of sp³-hybridized carbons (Fsp3) is 0.714. The third-order valence-electron chi connectivity index (χ3n) is 4.74. The van der Waals surface area contributed by atoms with Crippen molar-refractivity contribution in [2.24, 2.45) is 11.8 Å². The van der Waals surface area contributed by atoms with Gasteiger partial charge >= 0.3 is 0 Å². The summed E-state index contributed by atoms with van der Waals surface area (Å²) in [4.78, 5) is 19.2. The van der Waals surface area contributed by atoms with Crippen LogP contribution < -0.4 is 4.90 Å². The minimum atomic E-state index is 0.581. The molecule has 4 heteroatoms. The van der Waals surface area contributed by atoms with Crippen molar-refractivity contribution in [1.82, 2.24) is 4.98 Å². The Labute approximate surface area is 111 Å². The number of fused-ring (bicyclic) bond motifs is 1. The molecule has 2 atom stereocenters. The molecule has 1 saturated heterocycles. The molecule has 2 heterocycles. The van der Waals surface area contributed by atoms with E-state index in [1.54, 1.807) is 11.3 Å². The van der Waals surface area contributed by atoms with E-state index in [1.807, 2.05) is 0 Å². The summed E-state index contributed by atoms with van der Waals surface area (Å²) in [5, 5.41) is 1.11. The van der Waals surface area contributed by atoms with Crippen molar-refractivity contribution in [3.05, 3.63) is 10.6 Å².